The molecule has 0 aromatic rings. The van der Waals surface area contributed by atoms with Crippen LogP contribution in [-0.4, -0.2) is 54.7 Å². The Morgan fingerprint density at radius 2 is 1.71 bits per heavy atom. The molecule has 0 spiro atoms. The number of hydrogen-bond acceptors (Lipinski definition) is 4. The molecule has 0 unspecified atom stereocenters. The molecule has 1 aliphatic rings. The summed E-state index contributed by atoms with van der Waals surface area (Å²) in [4.78, 5) is 22.6. The summed E-state index contributed by atoms with van der Waals surface area (Å²) in [6, 6.07) is 0. The molecule has 1 rings (SSSR count). The van der Waals surface area contributed by atoms with Crippen molar-refractivity contribution in [1.29, 1.82) is 0 Å². The monoisotopic (exact) mass is 336 g/mol. The summed E-state index contributed by atoms with van der Waals surface area (Å²) in [6.45, 7) is 4.73. The van der Waals surface area contributed by atoms with Crippen LogP contribution < -0.4 is 5.73 Å². The van der Waals surface area contributed by atoms with Crippen molar-refractivity contribution in [2.45, 2.75) is 44.9 Å². The highest BCUT2D eigenvalue weighted by Gasteiger charge is 2.08. The maximum absolute atomic E-state index is 10.5. The molecule has 0 aliphatic carbocycles. The molecule has 0 aromatic heterocycles. The third-order valence-electron chi connectivity index (χ3n) is 3.22. The van der Waals surface area contributed by atoms with Crippen LogP contribution in [0.25, 0.3) is 0 Å². The van der Waals surface area contributed by atoms with Gasteiger partial charge in [0.05, 0.1) is 13.2 Å². The molecule has 1 heterocycles. The fraction of sp³-hybridized carbons (Fsp3) is 0.667. The first-order valence-corrected chi connectivity index (χ1v) is 8.25. The number of carbonyl (C=O) groups excluding carboxylic acids is 1. The summed E-state index contributed by atoms with van der Waals surface area (Å²) < 4.78 is 5.26. The fourth-order valence-corrected chi connectivity index (χ4v) is 1.91. The van der Waals surface area contributed by atoms with E-state index in [9.17, 15) is 9.59 Å². The molecule has 1 saturated heterocycles. The van der Waals surface area contributed by atoms with Gasteiger partial charge in [-0.1, -0.05) is 0 Å². The molecule has 1 aliphatic heterocycles. The standard InChI is InChI=1S/C12H20N2O2.C6H8O2/c13-12(15)6-4-2-1-3-5-7-14-8-10-16-11-9-14;1-2-3-4-5-6(7)8/h2,4-11H2,(H2,13,15);1H,3-5H2,(H,7,8). The van der Waals surface area contributed by atoms with E-state index < -0.39 is 5.97 Å². The molecule has 134 valence electrons. The van der Waals surface area contributed by atoms with E-state index in [0.29, 0.717) is 19.3 Å². The van der Waals surface area contributed by atoms with E-state index in [2.05, 4.69) is 22.7 Å². The second-order valence-corrected chi connectivity index (χ2v) is 5.33. The van der Waals surface area contributed by atoms with Crippen LogP contribution in [0.4, 0.5) is 0 Å². The Kier molecular flexibility index (Phi) is 14.5. The fourth-order valence-electron chi connectivity index (χ4n) is 1.91. The topological polar surface area (TPSA) is 92.9 Å². The Bertz CT molecular complexity index is 454. The number of carbonyl (C=O) groups is 2. The highest BCUT2D eigenvalue weighted by atomic mass is 16.5. The Labute approximate surface area is 144 Å². The van der Waals surface area contributed by atoms with E-state index in [1.807, 2.05) is 0 Å². The largest absolute Gasteiger partial charge is 0.481 e. The molecular weight excluding hydrogens is 308 g/mol. The van der Waals surface area contributed by atoms with Gasteiger partial charge >= 0.3 is 5.97 Å². The number of nitrogens with two attached hydrogens (primary N) is 1. The van der Waals surface area contributed by atoms with E-state index in [1.54, 1.807) is 0 Å². The molecule has 1 amide bonds. The molecule has 6 heteroatoms. The van der Waals surface area contributed by atoms with Gasteiger partial charge in [0, 0.05) is 51.7 Å². The average Bonchev–Trinajstić information content (AvgIpc) is 2.55. The number of carboxylic acid groups (broad SMARTS) is 1. The zero-order chi connectivity index (χ0) is 18.0. The number of rotatable bonds is 8. The van der Waals surface area contributed by atoms with Crippen LogP contribution in [0.15, 0.2) is 0 Å². The van der Waals surface area contributed by atoms with Gasteiger partial charge in [-0.15, -0.1) is 24.2 Å². The second-order valence-electron chi connectivity index (χ2n) is 5.33. The third kappa shape index (κ3) is 16.4. The van der Waals surface area contributed by atoms with Gasteiger partial charge < -0.3 is 15.6 Å². The predicted molar refractivity (Wildman–Crippen MR) is 93.0 cm³/mol. The van der Waals surface area contributed by atoms with Gasteiger partial charge in [-0.05, 0) is 12.8 Å². The first-order chi connectivity index (χ1) is 11.6. The highest BCUT2D eigenvalue weighted by molar-refractivity contribution is 5.73. The minimum Gasteiger partial charge on any atom is -0.481 e. The van der Waals surface area contributed by atoms with Crippen molar-refractivity contribution in [3.05, 3.63) is 0 Å². The average molecular weight is 336 g/mol. The summed E-state index contributed by atoms with van der Waals surface area (Å²) in [5.74, 6) is 7.53. The minimum absolute atomic E-state index is 0.185. The van der Waals surface area contributed by atoms with Crippen LogP contribution >= 0.6 is 0 Å². The molecule has 0 radical (unpaired) electrons. The number of hydrogen-bond donors (Lipinski definition) is 2. The lowest BCUT2D eigenvalue weighted by Gasteiger charge is -2.25. The van der Waals surface area contributed by atoms with Crippen molar-refractivity contribution in [1.82, 2.24) is 4.90 Å². The predicted octanol–water partition coefficient (Wildman–Crippen LogP) is 1.24. The van der Waals surface area contributed by atoms with Gasteiger partial charge in [0.25, 0.3) is 0 Å². The maximum Gasteiger partial charge on any atom is 0.303 e. The summed E-state index contributed by atoms with van der Waals surface area (Å²) in [7, 11) is 0. The summed E-state index contributed by atoms with van der Waals surface area (Å²) >= 11 is 0. The van der Waals surface area contributed by atoms with E-state index in [1.165, 1.54) is 0 Å². The Morgan fingerprint density at radius 1 is 1.08 bits per heavy atom. The zero-order valence-corrected chi connectivity index (χ0v) is 14.3. The molecule has 1 fully saturated rings. The van der Waals surface area contributed by atoms with Crippen molar-refractivity contribution < 1.29 is 19.4 Å². The van der Waals surface area contributed by atoms with Gasteiger partial charge in [-0.3, -0.25) is 14.5 Å². The van der Waals surface area contributed by atoms with Crippen LogP contribution in [-0.2, 0) is 14.3 Å². The normalized spacial score (nSPS) is 13.6. The van der Waals surface area contributed by atoms with E-state index in [-0.39, 0.29) is 12.3 Å². The number of terminal acetylenes is 1. The number of amides is 1. The summed E-state index contributed by atoms with van der Waals surface area (Å²) in [5.41, 5.74) is 5.03. The Balaban J connectivity index is 0.000000561. The first kappa shape index (κ1) is 22.0. The number of primary amides is 1. The number of morpholine rings is 1. The lowest BCUT2D eigenvalue weighted by molar-refractivity contribution is -0.137. The maximum atomic E-state index is 10.5. The molecule has 24 heavy (non-hydrogen) atoms. The van der Waals surface area contributed by atoms with Gasteiger partial charge in [0.15, 0.2) is 0 Å². The molecule has 0 saturated carbocycles. The Morgan fingerprint density at radius 3 is 2.29 bits per heavy atom. The summed E-state index contributed by atoms with van der Waals surface area (Å²) in [6.07, 6.45) is 9.10. The highest BCUT2D eigenvalue weighted by Crippen LogP contribution is 1.97. The van der Waals surface area contributed by atoms with Crippen molar-refractivity contribution in [2.24, 2.45) is 5.73 Å². The molecule has 6 nitrogen and oxygen atoms in total. The van der Waals surface area contributed by atoms with Gasteiger partial charge in [-0.25, -0.2) is 0 Å². The molecule has 3 N–H and O–H groups in total. The van der Waals surface area contributed by atoms with Crippen LogP contribution in [0.5, 0.6) is 0 Å². The van der Waals surface area contributed by atoms with Crippen LogP contribution in [0.1, 0.15) is 44.9 Å². The van der Waals surface area contributed by atoms with E-state index in [4.69, 9.17) is 22.0 Å². The lowest BCUT2D eigenvalue weighted by Crippen LogP contribution is -2.36. The first-order valence-electron chi connectivity index (χ1n) is 8.25. The molecular formula is C18H28N2O4. The minimum atomic E-state index is -0.778. The van der Waals surface area contributed by atoms with Gasteiger partial charge in [0.2, 0.25) is 5.91 Å². The van der Waals surface area contributed by atoms with Gasteiger partial charge in [0.1, 0.15) is 0 Å². The van der Waals surface area contributed by atoms with Crippen LogP contribution in [0.3, 0.4) is 0 Å². The van der Waals surface area contributed by atoms with Crippen LogP contribution in [0.2, 0.25) is 0 Å². The smallest absolute Gasteiger partial charge is 0.303 e. The van der Waals surface area contributed by atoms with E-state index in [0.717, 1.165) is 52.1 Å². The van der Waals surface area contributed by atoms with E-state index >= 15 is 0 Å². The molecule has 0 bridgehead atoms. The number of ether oxygens (including phenoxy) is 1. The molecule has 0 atom stereocenters. The number of aliphatic carboxylic acids is 1. The number of carboxylic acids is 1. The lowest BCUT2D eigenvalue weighted by atomic mass is 10.2. The van der Waals surface area contributed by atoms with Crippen LogP contribution in [0, 0.1) is 24.2 Å². The van der Waals surface area contributed by atoms with Gasteiger partial charge in [-0.2, -0.15) is 0 Å². The quantitative estimate of drug-likeness (QED) is 0.514. The Hall–Kier alpha value is -2.02. The van der Waals surface area contributed by atoms with Crippen molar-refractivity contribution in [3.8, 4) is 24.2 Å². The van der Waals surface area contributed by atoms with Crippen molar-refractivity contribution in [2.75, 3.05) is 32.8 Å². The second kappa shape index (κ2) is 15.9. The third-order valence-corrected chi connectivity index (χ3v) is 3.22. The van der Waals surface area contributed by atoms with Crippen molar-refractivity contribution >= 4 is 11.9 Å². The van der Waals surface area contributed by atoms with Crippen molar-refractivity contribution in [3.63, 3.8) is 0 Å². The number of nitrogens with zero attached hydrogens (tertiary/aromatic N) is 1. The SMILES string of the molecule is C#CCCCC(=O)O.NC(=O)CCCC#CCCN1CCOCC1. The summed E-state index contributed by atoms with van der Waals surface area (Å²) in [5, 5.41) is 8.07. The molecule has 0 aromatic carbocycles. The zero-order valence-electron chi connectivity index (χ0n) is 14.3. The number of unbranched alkanes of at least 4 members (excludes halogenated alkanes) is 2.